The van der Waals surface area contributed by atoms with Gasteiger partial charge in [-0.15, -0.1) is 0 Å². The van der Waals surface area contributed by atoms with Gasteiger partial charge in [0.05, 0.1) is 21.3 Å². The Morgan fingerprint density at radius 3 is 2.32 bits per heavy atom. The first-order valence-electron chi connectivity index (χ1n) is 11.3. The third kappa shape index (κ3) is 5.43. The number of nitrogens with zero attached hydrogens (tertiary/aromatic N) is 1. The number of anilines is 2. The predicted octanol–water partition coefficient (Wildman–Crippen LogP) is 4.15. The summed E-state index contributed by atoms with van der Waals surface area (Å²) in [5.41, 5.74) is 11.4. The Hall–Kier alpha value is -3.71. The number of methoxy groups -OCH3 is 3. The van der Waals surface area contributed by atoms with Gasteiger partial charge in [0.15, 0.2) is 11.5 Å². The molecule has 3 aromatic rings. The van der Waals surface area contributed by atoms with Crippen LogP contribution < -0.4 is 25.3 Å². The summed E-state index contributed by atoms with van der Waals surface area (Å²) in [6, 6.07) is 17.1. The number of hydrogen-bond acceptors (Lipinski definition) is 6. The maximum atomic E-state index is 12.6. The number of carbonyl (C=O) groups is 1. The van der Waals surface area contributed by atoms with E-state index in [1.165, 1.54) is 16.7 Å². The van der Waals surface area contributed by atoms with Crippen LogP contribution in [0.3, 0.4) is 0 Å². The normalized spacial score (nSPS) is 13.1. The number of amides is 1. The fourth-order valence-corrected chi connectivity index (χ4v) is 4.25. The standard InChI is InChI=1S/C27H31N3O4/c1-32-24-13-20(12-22(28)16-24)27(31)29-23-6-4-18(5-7-23)8-10-30-11-9-19-14-25(33-2)26(34-3)15-21(19)17-30/h4-7,12-16H,8-11,17,28H2,1-3H3,(H,29,31). The molecule has 0 aromatic heterocycles. The molecule has 34 heavy (non-hydrogen) atoms. The van der Waals surface area contributed by atoms with Crippen LogP contribution in [0, 0.1) is 0 Å². The number of rotatable bonds is 8. The Kier molecular flexibility index (Phi) is 7.23. The van der Waals surface area contributed by atoms with E-state index in [2.05, 4.69) is 34.5 Å². The zero-order valence-electron chi connectivity index (χ0n) is 19.9. The molecular weight excluding hydrogens is 430 g/mol. The highest BCUT2D eigenvalue weighted by molar-refractivity contribution is 6.05. The van der Waals surface area contributed by atoms with Gasteiger partial charge in [0.1, 0.15) is 5.75 Å². The Balaban J connectivity index is 1.33. The number of benzene rings is 3. The van der Waals surface area contributed by atoms with E-state index in [1.807, 2.05) is 12.1 Å². The molecule has 3 N–H and O–H groups in total. The Morgan fingerprint density at radius 1 is 0.941 bits per heavy atom. The third-order valence-corrected chi connectivity index (χ3v) is 6.15. The van der Waals surface area contributed by atoms with Crippen LogP contribution in [0.25, 0.3) is 0 Å². The van der Waals surface area contributed by atoms with Gasteiger partial charge in [-0.2, -0.15) is 0 Å². The average molecular weight is 462 g/mol. The largest absolute Gasteiger partial charge is 0.497 e. The van der Waals surface area contributed by atoms with E-state index in [0.29, 0.717) is 17.0 Å². The van der Waals surface area contributed by atoms with Gasteiger partial charge in [-0.3, -0.25) is 9.69 Å². The maximum Gasteiger partial charge on any atom is 0.255 e. The summed E-state index contributed by atoms with van der Waals surface area (Å²) in [6.45, 7) is 2.87. The van der Waals surface area contributed by atoms with Crippen LogP contribution in [0.5, 0.6) is 17.2 Å². The Bertz CT molecular complexity index is 1160. The van der Waals surface area contributed by atoms with E-state index in [0.717, 1.165) is 49.7 Å². The molecule has 0 radical (unpaired) electrons. The highest BCUT2D eigenvalue weighted by atomic mass is 16.5. The molecule has 7 heteroatoms. The molecule has 0 bridgehead atoms. The van der Waals surface area contributed by atoms with E-state index in [1.54, 1.807) is 39.5 Å². The van der Waals surface area contributed by atoms with E-state index in [-0.39, 0.29) is 5.91 Å². The third-order valence-electron chi connectivity index (χ3n) is 6.15. The SMILES string of the molecule is COc1cc(N)cc(C(=O)Nc2ccc(CCN3CCc4cc(OC)c(OC)cc4C3)cc2)c1. The van der Waals surface area contributed by atoms with Crippen LogP contribution in [0.15, 0.2) is 54.6 Å². The first kappa shape index (κ1) is 23.4. The lowest BCUT2D eigenvalue weighted by Gasteiger charge is -2.29. The van der Waals surface area contributed by atoms with Crippen LogP contribution in [0.1, 0.15) is 27.0 Å². The highest BCUT2D eigenvalue weighted by Crippen LogP contribution is 2.33. The summed E-state index contributed by atoms with van der Waals surface area (Å²) in [7, 11) is 4.89. The van der Waals surface area contributed by atoms with Gasteiger partial charge in [0.25, 0.3) is 5.91 Å². The first-order valence-corrected chi connectivity index (χ1v) is 11.3. The zero-order chi connectivity index (χ0) is 24.1. The molecule has 1 heterocycles. The van der Waals surface area contributed by atoms with Crippen LogP contribution >= 0.6 is 0 Å². The molecule has 1 amide bonds. The smallest absolute Gasteiger partial charge is 0.255 e. The molecule has 0 saturated carbocycles. The second kappa shape index (κ2) is 10.5. The van der Waals surface area contributed by atoms with Crippen molar-refractivity contribution in [3.8, 4) is 17.2 Å². The number of ether oxygens (including phenoxy) is 3. The van der Waals surface area contributed by atoms with E-state index < -0.39 is 0 Å². The molecule has 4 rings (SSSR count). The monoisotopic (exact) mass is 461 g/mol. The molecule has 1 aliphatic heterocycles. The number of nitrogens with two attached hydrogens (primary N) is 1. The van der Waals surface area contributed by atoms with Crippen molar-refractivity contribution >= 4 is 17.3 Å². The van der Waals surface area contributed by atoms with Gasteiger partial charge >= 0.3 is 0 Å². The Labute approximate surface area is 200 Å². The molecule has 0 spiro atoms. The van der Waals surface area contributed by atoms with Crippen molar-refractivity contribution in [3.05, 3.63) is 76.9 Å². The van der Waals surface area contributed by atoms with Gasteiger partial charge in [0.2, 0.25) is 0 Å². The van der Waals surface area contributed by atoms with Gasteiger partial charge in [0, 0.05) is 42.6 Å². The molecule has 0 aliphatic carbocycles. The fourth-order valence-electron chi connectivity index (χ4n) is 4.25. The number of nitrogen functional groups attached to an aromatic ring is 1. The molecule has 3 aromatic carbocycles. The number of fused-ring (bicyclic) bond motifs is 1. The topological polar surface area (TPSA) is 86.0 Å². The van der Waals surface area contributed by atoms with Crippen LogP contribution in [-0.4, -0.2) is 45.2 Å². The lowest BCUT2D eigenvalue weighted by atomic mass is 9.98. The van der Waals surface area contributed by atoms with Crippen molar-refractivity contribution in [3.63, 3.8) is 0 Å². The summed E-state index contributed by atoms with van der Waals surface area (Å²) in [5.74, 6) is 1.89. The molecule has 1 aliphatic rings. The lowest BCUT2D eigenvalue weighted by Crippen LogP contribution is -2.32. The van der Waals surface area contributed by atoms with E-state index >= 15 is 0 Å². The van der Waals surface area contributed by atoms with Crippen molar-refractivity contribution in [2.45, 2.75) is 19.4 Å². The summed E-state index contributed by atoms with van der Waals surface area (Å²) in [4.78, 5) is 15.0. The van der Waals surface area contributed by atoms with Crippen molar-refractivity contribution < 1.29 is 19.0 Å². The number of hydrogen-bond donors (Lipinski definition) is 2. The van der Waals surface area contributed by atoms with Crippen LogP contribution in [-0.2, 0) is 19.4 Å². The lowest BCUT2D eigenvalue weighted by molar-refractivity contribution is 0.102. The predicted molar refractivity (Wildman–Crippen MR) is 134 cm³/mol. The minimum absolute atomic E-state index is 0.225. The van der Waals surface area contributed by atoms with Gasteiger partial charge in [-0.1, -0.05) is 12.1 Å². The molecule has 0 fully saturated rings. The quantitative estimate of drug-likeness (QED) is 0.490. The molecule has 7 nitrogen and oxygen atoms in total. The summed E-state index contributed by atoms with van der Waals surface area (Å²) in [6.07, 6.45) is 1.93. The molecule has 0 saturated heterocycles. The molecule has 0 unspecified atom stereocenters. The summed E-state index contributed by atoms with van der Waals surface area (Å²) < 4.78 is 16.1. The summed E-state index contributed by atoms with van der Waals surface area (Å²) >= 11 is 0. The molecular formula is C27H31N3O4. The number of nitrogens with one attached hydrogen (secondary N) is 1. The van der Waals surface area contributed by atoms with Crippen molar-refractivity contribution in [2.24, 2.45) is 0 Å². The second-order valence-electron chi connectivity index (χ2n) is 8.40. The van der Waals surface area contributed by atoms with Crippen molar-refractivity contribution in [1.82, 2.24) is 4.90 Å². The van der Waals surface area contributed by atoms with Crippen molar-refractivity contribution in [2.75, 3.05) is 45.5 Å². The van der Waals surface area contributed by atoms with E-state index in [4.69, 9.17) is 19.9 Å². The number of carbonyl (C=O) groups excluding carboxylic acids is 1. The van der Waals surface area contributed by atoms with Crippen molar-refractivity contribution in [1.29, 1.82) is 0 Å². The van der Waals surface area contributed by atoms with Gasteiger partial charge in [-0.25, -0.2) is 0 Å². The highest BCUT2D eigenvalue weighted by Gasteiger charge is 2.19. The Morgan fingerprint density at radius 2 is 1.65 bits per heavy atom. The minimum Gasteiger partial charge on any atom is -0.497 e. The van der Waals surface area contributed by atoms with Crippen LogP contribution in [0.2, 0.25) is 0 Å². The second-order valence-corrected chi connectivity index (χ2v) is 8.40. The first-order chi connectivity index (χ1) is 16.5. The maximum absolute atomic E-state index is 12.6. The molecule has 0 atom stereocenters. The molecule has 178 valence electrons. The van der Waals surface area contributed by atoms with Gasteiger partial charge in [-0.05, 0) is 65.9 Å². The van der Waals surface area contributed by atoms with E-state index in [9.17, 15) is 4.79 Å². The fraction of sp³-hybridized carbons (Fsp3) is 0.296. The van der Waals surface area contributed by atoms with Crippen LogP contribution in [0.4, 0.5) is 11.4 Å². The minimum atomic E-state index is -0.225. The average Bonchev–Trinajstić information content (AvgIpc) is 2.86. The zero-order valence-corrected chi connectivity index (χ0v) is 19.9. The van der Waals surface area contributed by atoms with Gasteiger partial charge < -0.3 is 25.3 Å². The summed E-state index contributed by atoms with van der Waals surface area (Å²) in [5, 5.41) is 2.92.